The van der Waals surface area contributed by atoms with Crippen molar-refractivity contribution in [3.63, 3.8) is 0 Å². The lowest BCUT2D eigenvalue weighted by atomic mass is 10.0. The normalized spacial score (nSPS) is 12.4. The Bertz CT molecular complexity index is 1070. The van der Waals surface area contributed by atoms with Gasteiger partial charge in [-0.3, -0.25) is 4.90 Å². The smallest absolute Gasteiger partial charge is 0.416 e. The second-order valence-corrected chi connectivity index (χ2v) is 8.20. The topological polar surface area (TPSA) is 45.5 Å². The number of carbonyl (C=O) groups is 1. The first-order chi connectivity index (χ1) is 13.4. The minimum absolute atomic E-state index is 0.227. The van der Waals surface area contributed by atoms with Gasteiger partial charge in [0.05, 0.1) is 16.3 Å². The summed E-state index contributed by atoms with van der Waals surface area (Å²) in [6.45, 7) is 5.52. The number of aromatic nitrogens is 1. The molecule has 29 heavy (non-hydrogen) atoms. The lowest BCUT2D eigenvalue weighted by molar-refractivity contribution is -0.137. The molecule has 0 saturated heterocycles. The molecule has 3 aromatic rings. The predicted octanol–water partition coefficient (Wildman–Crippen LogP) is 6.64. The maximum Gasteiger partial charge on any atom is 0.416 e. The van der Waals surface area contributed by atoms with Crippen molar-refractivity contribution in [2.75, 3.05) is 4.90 Å². The third-order valence-electron chi connectivity index (χ3n) is 4.55. The average Bonchev–Trinajstić information content (AvgIpc) is 2.95. The molecule has 0 spiro atoms. The van der Waals surface area contributed by atoms with Crippen molar-refractivity contribution in [2.45, 2.75) is 39.0 Å². The Morgan fingerprint density at radius 2 is 1.83 bits per heavy atom. The zero-order chi connectivity index (χ0) is 21.6. The van der Waals surface area contributed by atoms with E-state index in [-0.39, 0.29) is 11.6 Å². The largest absolute Gasteiger partial charge is 0.465 e. The Hall–Kier alpha value is -2.67. The maximum absolute atomic E-state index is 13.0. The molecule has 1 aromatic heterocycles. The number of halogens is 4. The molecule has 4 nitrogen and oxygen atoms in total. The van der Waals surface area contributed by atoms with Gasteiger partial charge in [0, 0.05) is 29.2 Å². The maximum atomic E-state index is 13.0. The van der Waals surface area contributed by atoms with Gasteiger partial charge >= 0.3 is 12.3 Å². The van der Waals surface area contributed by atoms with Gasteiger partial charge in [0.2, 0.25) is 0 Å². The molecule has 1 heterocycles. The SMILES string of the molecule is CC(C)(C)N(C(=O)O)c1cc2ccn(Cc3cccc(C(F)(F)F)c3)c2cc1Cl. The van der Waals surface area contributed by atoms with Gasteiger partial charge < -0.3 is 9.67 Å². The van der Waals surface area contributed by atoms with Gasteiger partial charge in [-0.2, -0.15) is 13.2 Å². The van der Waals surface area contributed by atoms with Crippen LogP contribution in [0.4, 0.5) is 23.7 Å². The standard InChI is InChI=1S/C21H20ClF3N2O2/c1-20(2,3)27(19(28)29)18-10-14-7-8-26(17(14)11-16(18)22)12-13-5-4-6-15(9-13)21(23,24)25/h4-11H,12H2,1-3H3,(H,28,29). The van der Waals surface area contributed by atoms with Gasteiger partial charge in [0.25, 0.3) is 0 Å². The summed E-state index contributed by atoms with van der Waals surface area (Å²) in [5, 5.41) is 10.6. The molecular formula is C21H20ClF3N2O2. The van der Waals surface area contributed by atoms with Gasteiger partial charge in [-0.15, -0.1) is 0 Å². The molecule has 8 heteroatoms. The van der Waals surface area contributed by atoms with Crippen LogP contribution in [0.15, 0.2) is 48.7 Å². The number of amides is 1. The second-order valence-electron chi connectivity index (χ2n) is 7.79. The molecule has 0 saturated carbocycles. The molecule has 0 aliphatic rings. The molecule has 2 aromatic carbocycles. The summed E-state index contributed by atoms with van der Waals surface area (Å²) < 4.78 is 40.7. The van der Waals surface area contributed by atoms with E-state index >= 15 is 0 Å². The number of hydrogen-bond acceptors (Lipinski definition) is 1. The zero-order valence-corrected chi connectivity index (χ0v) is 16.8. The van der Waals surface area contributed by atoms with Gasteiger partial charge in [-0.25, -0.2) is 4.79 Å². The van der Waals surface area contributed by atoms with Gasteiger partial charge in [-0.05, 0) is 56.7 Å². The molecule has 0 bridgehead atoms. The molecular weight excluding hydrogens is 405 g/mol. The van der Waals surface area contributed by atoms with Crippen LogP contribution in [0.2, 0.25) is 5.02 Å². The van der Waals surface area contributed by atoms with Crippen molar-refractivity contribution in [3.05, 3.63) is 64.8 Å². The summed E-state index contributed by atoms with van der Waals surface area (Å²) in [6, 6.07) is 10.3. The highest BCUT2D eigenvalue weighted by molar-refractivity contribution is 6.34. The van der Waals surface area contributed by atoms with E-state index in [2.05, 4.69) is 0 Å². The minimum Gasteiger partial charge on any atom is -0.465 e. The first-order valence-corrected chi connectivity index (χ1v) is 9.23. The molecule has 0 atom stereocenters. The van der Waals surface area contributed by atoms with Gasteiger partial charge in [0.15, 0.2) is 0 Å². The molecule has 0 aliphatic carbocycles. The van der Waals surface area contributed by atoms with E-state index in [0.717, 1.165) is 17.5 Å². The molecule has 0 radical (unpaired) electrons. The van der Waals surface area contributed by atoms with Crippen LogP contribution in [0, 0.1) is 0 Å². The number of hydrogen-bond donors (Lipinski definition) is 1. The van der Waals surface area contributed by atoms with Crippen LogP contribution in [-0.4, -0.2) is 21.3 Å². The van der Waals surface area contributed by atoms with Crippen LogP contribution in [-0.2, 0) is 12.7 Å². The van der Waals surface area contributed by atoms with E-state index in [1.807, 2.05) is 0 Å². The summed E-state index contributed by atoms with van der Waals surface area (Å²) in [6.07, 6.45) is -3.78. The van der Waals surface area contributed by atoms with E-state index in [4.69, 9.17) is 11.6 Å². The summed E-state index contributed by atoms with van der Waals surface area (Å²) in [4.78, 5) is 13.0. The zero-order valence-electron chi connectivity index (χ0n) is 16.1. The molecule has 0 fully saturated rings. The number of rotatable bonds is 3. The molecule has 1 amide bonds. The first-order valence-electron chi connectivity index (χ1n) is 8.85. The fourth-order valence-corrected chi connectivity index (χ4v) is 3.55. The second kappa shape index (κ2) is 7.30. The van der Waals surface area contributed by atoms with E-state index in [0.29, 0.717) is 16.8 Å². The highest BCUT2D eigenvalue weighted by atomic mass is 35.5. The average molecular weight is 425 g/mol. The van der Waals surface area contributed by atoms with Crippen molar-refractivity contribution < 1.29 is 23.1 Å². The number of alkyl halides is 3. The van der Waals surface area contributed by atoms with Crippen LogP contribution in [0.5, 0.6) is 0 Å². The quantitative estimate of drug-likeness (QED) is 0.512. The Morgan fingerprint density at radius 3 is 2.41 bits per heavy atom. The first kappa shape index (κ1) is 21.0. The Kier molecular flexibility index (Phi) is 5.30. The fraction of sp³-hybridized carbons (Fsp3) is 0.286. The summed E-state index contributed by atoms with van der Waals surface area (Å²) in [5.41, 5.74) is 0.156. The van der Waals surface area contributed by atoms with Crippen molar-refractivity contribution in [2.24, 2.45) is 0 Å². The van der Waals surface area contributed by atoms with E-state index < -0.39 is 23.4 Å². The van der Waals surface area contributed by atoms with Gasteiger partial charge in [0.1, 0.15) is 0 Å². The third-order valence-corrected chi connectivity index (χ3v) is 4.85. The van der Waals surface area contributed by atoms with Crippen molar-refractivity contribution in [1.29, 1.82) is 0 Å². The van der Waals surface area contributed by atoms with E-state index in [1.165, 1.54) is 11.0 Å². The molecule has 3 rings (SSSR count). The van der Waals surface area contributed by atoms with E-state index in [1.54, 1.807) is 55.8 Å². The molecule has 154 valence electrons. The van der Waals surface area contributed by atoms with Crippen molar-refractivity contribution in [3.8, 4) is 0 Å². The minimum atomic E-state index is -4.40. The number of carboxylic acid groups (broad SMARTS) is 1. The summed E-state index contributed by atoms with van der Waals surface area (Å²) in [5.74, 6) is 0. The summed E-state index contributed by atoms with van der Waals surface area (Å²) in [7, 11) is 0. The third kappa shape index (κ3) is 4.34. The summed E-state index contributed by atoms with van der Waals surface area (Å²) >= 11 is 6.40. The predicted molar refractivity (Wildman–Crippen MR) is 108 cm³/mol. The Morgan fingerprint density at radius 1 is 1.14 bits per heavy atom. The van der Waals surface area contributed by atoms with Crippen LogP contribution in [0.1, 0.15) is 31.9 Å². The number of nitrogens with zero attached hydrogens (tertiary/aromatic N) is 2. The Labute approximate surface area is 171 Å². The van der Waals surface area contributed by atoms with Crippen LogP contribution < -0.4 is 4.90 Å². The number of fused-ring (bicyclic) bond motifs is 1. The van der Waals surface area contributed by atoms with Crippen LogP contribution in [0.3, 0.4) is 0 Å². The highest BCUT2D eigenvalue weighted by Gasteiger charge is 2.31. The van der Waals surface area contributed by atoms with Gasteiger partial charge in [-0.1, -0.05) is 23.7 Å². The lowest BCUT2D eigenvalue weighted by Gasteiger charge is -2.33. The van der Waals surface area contributed by atoms with Crippen molar-refractivity contribution in [1.82, 2.24) is 4.57 Å². The molecule has 1 N–H and O–H groups in total. The van der Waals surface area contributed by atoms with Crippen molar-refractivity contribution >= 4 is 34.3 Å². The number of benzene rings is 2. The lowest BCUT2D eigenvalue weighted by Crippen LogP contribution is -2.45. The van der Waals surface area contributed by atoms with Crippen LogP contribution in [0.25, 0.3) is 10.9 Å². The monoisotopic (exact) mass is 424 g/mol. The Balaban J connectivity index is 2.01. The highest BCUT2D eigenvalue weighted by Crippen LogP contribution is 2.36. The van der Waals surface area contributed by atoms with Crippen LogP contribution >= 0.6 is 11.6 Å². The fourth-order valence-electron chi connectivity index (χ4n) is 3.30. The number of anilines is 1. The van der Waals surface area contributed by atoms with E-state index in [9.17, 15) is 23.1 Å². The molecule has 0 unspecified atom stereocenters. The molecule has 0 aliphatic heterocycles.